The molecule has 1 aliphatic carbocycles. The first-order valence-corrected chi connectivity index (χ1v) is 4.11. The molecular weight excluding hydrogens is 181 g/mol. The topological polar surface area (TPSA) is 17.8 Å². The van der Waals surface area contributed by atoms with Gasteiger partial charge in [-0.1, -0.05) is 0 Å². The van der Waals surface area contributed by atoms with Crippen LogP contribution in [0.2, 0.25) is 0 Å². The lowest BCUT2D eigenvalue weighted by atomic mass is 10.1. The highest BCUT2D eigenvalue weighted by atomic mass is 19.3. The molecule has 2 rings (SSSR count). The van der Waals surface area contributed by atoms with Crippen molar-refractivity contribution in [1.29, 1.82) is 0 Å². The second-order valence-electron chi connectivity index (χ2n) is 3.29. The Bertz CT molecular complexity index is 328. The Balaban J connectivity index is 2.48. The van der Waals surface area contributed by atoms with E-state index < -0.39 is 12.4 Å². The molecule has 1 aromatic heterocycles. The smallest absolute Gasteiger partial charge is 0.242 e. The Kier molecular flexibility index (Phi) is 1.82. The van der Waals surface area contributed by atoms with Crippen LogP contribution in [-0.2, 0) is 7.05 Å². The molecule has 13 heavy (non-hydrogen) atoms. The molecule has 0 N–H and O–H groups in total. The van der Waals surface area contributed by atoms with Crippen molar-refractivity contribution in [2.45, 2.75) is 25.2 Å². The van der Waals surface area contributed by atoms with E-state index in [1.807, 2.05) is 0 Å². The fourth-order valence-corrected chi connectivity index (χ4v) is 1.45. The second-order valence-corrected chi connectivity index (χ2v) is 3.29. The molecule has 72 valence electrons. The third-order valence-corrected chi connectivity index (χ3v) is 2.23. The third-order valence-electron chi connectivity index (χ3n) is 2.23. The zero-order valence-electron chi connectivity index (χ0n) is 7.10. The highest BCUT2D eigenvalue weighted by molar-refractivity contribution is 5.28. The van der Waals surface area contributed by atoms with Gasteiger partial charge in [0.2, 0.25) is 5.95 Å². The molecule has 1 aliphatic rings. The summed E-state index contributed by atoms with van der Waals surface area (Å²) in [5.74, 6) is -0.643. The number of alkyl halides is 2. The van der Waals surface area contributed by atoms with Crippen molar-refractivity contribution in [3.05, 3.63) is 17.2 Å². The van der Waals surface area contributed by atoms with Gasteiger partial charge < -0.3 is 0 Å². The highest BCUT2D eigenvalue weighted by Gasteiger charge is 2.35. The van der Waals surface area contributed by atoms with Crippen molar-refractivity contribution in [3.63, 3.8) is 0 Å². The van der Waals surface area contributed by atoms with E-state index >= 15 is 0 Å². The molecule has 1 fully saturated rings. The Hall–Kier alpha value is -1.00. The number of nitrogens with zero attached hydrogens (tertiary/aromatic N) is 2. The number of aryl methyl sites for hydroxylation is 1. The second kappa shape index (κ2) is 2.75. The van der Waals surface area contributed by atoms with Gasteiger partial charge >= 0.3 is 0 Å². The Morgan fingerprint density at radius 1 is 1.46 bits per heavy atom. The number of hydrogen-bond acceptors (Lipinski definition) is 1. The van der Waals surface area contributed by atoms with Gasteiger partial charge in [-0.2, -0.15) is 9.49 Å². The first-order chi connectivity index (χ1) is 6.11. The van der Waals surface area contributed by atoms with E-state index in [2.05, 4.69) is 5.10 Å². The van der Waals surface area contributed by atoms with E-state index in [-0.39, 0.29) is 17.2 Å². The van der Waals surface area contributed by atoms with Crippen LogP contribution in [0.1, 0.15) is 36.4 Å². The molecular formula is C8H9F3N2. The van der Waals surface area contributed by atoms with Crippen LogP contribution in [-0.4, -0.2) is 9.78 Å². The standard InChI is InChI=1S/C8H9F3N2/c1-13-8(11)5(4-2-3-4)6(12-13)7(9)10/h4,7H,2-3H2,1H3. The van der Waals surface area contributed by atoms with Crippen molar-refractivity contribution in [1.82, 2.24) is 9.78 Å². The minimum absolute atomic E-state index is 0.0299. The van der Waals surface area contributed by atoms with Gasteiger partial charge in [0.15, 0.2) is 0 Å². The van der Waals surface area contributed by atoms with Crippen molar-refractivity contribution in [2.75, 3.05) is 0 Å². The fraction of sp³-hybridized carbons (Fsp3) is 0.625. The molecule has 5 heteroatoms. The summed E-state index contributed by atoms with van der Waals surface area (Å²) >= 11 is 0. The van der Waals surface area contributed by atoms with Crippen LogP contribution in [0.25, 0.3) is 0 Å². The van der Waals surface area contributed by atoms with Gasteiger partial charge in [-0.25, -0.2) is 13.5 Å². The molecule has 0 spiro atoms. The van der Waals surface area contributed by atoms with Gasteiger partial charge in [0.25, 0.3) is 6.43 Å². The quantitative estimate of drug-likeness (QED) is 0.700. The number of rotatable bonds is 2. The highest BCUT2D eigenvalue weighted by Crippen LogP contribution is 2.44. The molecule has 0 aliphatic heterocycles. The Morgan fingerprint density at radius 3 is 2.54 bits per heavy atom. The third kappa shape index (κ3) is 1.32. The van der Waals surface area contributed by atoms with E-state index in [0.717, 1.165) is 17.5 Å². The van der Waals surface area contributed by atoms with Crippen LogP contribution in [0, 0.1) is 5.95 Å². The lowest BCUT2D eigenvalue weighted by Gasteiger charge is -1.97. The lowest BCUT2D eigenvalue weighted by molar-refractivity contribution is 0.144. The predicted molar refractivity (Wildman–Crippen MR) is 40.1 cm³/mol. The molecule has 0 aromatic carbocycles. The van der Waals surface area contributed by atoms with E-state index in [1.165, 1.54) is 7.05 Å². The van der Waals surface area contributed by atoms with Gasteiger partial charge in [-0.3, -0.25) is 0 Å². The van der Waals surface area contributed by atoms with Crippen LogP contribution in [0.4, 0.5) is 13.2 Å². The van der Waals surface area contributed by atoms with Gasteiger partial charge in [0.1, 0.15) is 5.69 Å². The van der Waals surface area contributed by atoms with Crippen LogP contribution < -0.4 is 0 Å². The summed E-state index contributed by atoms with van der Waals surface area (Å²) < 4.78 is 38.9. The Morgan fingerprint density at radius 2 is 2.08 bits per heavy atom. The summed E-state index contributed by atoms with van der Waals surface area (Å²) in [6.45, 7) is 0. The molecule has 0 saturated heterocycles. The van der Waals surface area contributed by atoms with E-state index in [9.17, 15) is 13.2 Å². The summed E-state index contributed by atoms with van der Waals surface area (Å²) in [5.41, 5.74) is -0.264. The number of hydrogen-bond donors (Lipinski definition) is 0. The Labute approximate surface area is 73.4 Å². The van der Waals surface area contributed by atoms with E-state index in [0.29, 0.717) is 0 Å². The number of halogens is 3. The van der Waals surface area contributed by atoms with Crippen LogP contribution in [0.15, 0.2) is 0 Å². The molecule has 0 radical (unpaired) electrons. The first-order valence-electron chi connectivity index (χ1n) is 4.11. The molecule has 1 aromatic rings. The molecule has 0 amide bonds. The van der Waals surface area contributed by atoms with Crippen molar-refractivity contribution in [2.24, 2.45) is 7.05 Å². The summed E-state index contributed by atoms with van der Waals surface area (Å²) in [7, 11) is 1.34. The minimum atomic E-state index is -2.67. The van der Waals surface area contributed by atoms with Crippen molar-refractivity contribution < 1.29 is 13.2 Å². The average molecular weight is 190 g/mol. The van der Waals surface area contributed by atoms with E-state index in [1.54, 1.807) is 0 Å². The maximum atomic E-state index is 13.2. The summed E-state index contributed by atoms with van der Waals surface area (Å²) in [4.78, 5) is 0. The summed E-state index contributed by atoms with van der Waals surface area (Å²) in [6.07, 6.45) is -1.09. The van der Waals surface area contributed by atoms with Gasteiger partial charge in [-0.15, -0.1) is 0 Å². The zero-order valence-corrected chi connectivity index (χ0v) is 7.10. The first kappa shape index (κ1) is 8.59. The molecule has 0 atom stereocenters. The fourth-order valence-electron chi connectivity index (χ4n) is 1.45. The van der Waals surface area contributed by atoms with Crippen LogP contribution >= 0.6 is 0 Å². The molecule has 1 saturated carbocycles. The van der Waals surface area contributed by atoms with Crippen molar-refractivity contribution >= 4 is 0 Å². The van der Waals surface area contributed by atoms with Crippen molar-refractivity contribution in [3.8, 4) is 0 Å². The van der Waals surface area contributed by atoms with Crippen LogP contribution in [0.5, 0.6) is 0 Å². The SMILES string of the molecule is Cn1nc(C(F)F)c(C2CC2)c1F. The number of aromatic nitrogens is 2. The molecule has 0 bridgehead atoms. The predicted octanol–water partition coefficient (Wildman–Crippen LogP) is 2.37. The maximum Gasteiger partial charge on any atom is 0.282 e. The monoisotopic (exact) mass is 190 g/mol. The minimum Gasteiger partial charge on any atom is -0.242 e. The summed E-state index contributed by atoms with van der Waals surface area (Å²) in [6, 6.07) is 0. The largest absolute Gasteiger partial charge is 0.282 e. The van der Waals surface area contributed by atoms with Gasteiger partial charge in [0.05, 0.1) is 0 Å². The average Bonchev–Trinajstić information content (AvgIpc) is 2.82. The lowest BCUT2D eigenvalue weighted by Crippen LogP contribution is -1.94. The molecule has 0 unspecified atom stereocenters. The normalized spacial score (nSPS) is 17.0. The molecule has 2 nitrogen and oxygen atoms in total. The zero-order chi connectivity index (χ0) is 9.59. The maximum absolute atomic E-state index is 13.2. The summed E-state index contributed by atoms with van der Waals surface area (Å²) in [5, 5.41) is 3.46. The van der Waals surface area contributed by atoms with E-state index in [4.69, 9.17) is 0 Å². The molecule has 1 heterocycles. The van der Waals surface area contributed by atoms with Gasteiger partial charge in [-0.05, 0) is 18.8 Å². The van der Waals surface area contributed by atoms with Crippen LogP contribution in [0.3, 0.4) is 0 Å². The van der Waals surface area contributed by atoms with Gasteiger partial charge in [0, 0.05) is 12.6 Å².